The molecule has 0 bridgehead atoms. The summed E-state index contributed by atoms with van der Waals surface area (Å²) in [7, 11) is 0. The van der Waals surface area contributed by atoms with Crippen LogP contribution in [-0.2, 0) is 0 Å². The van der Waals surface area contributed by atoms with Crippen LogP contribution < -0.4 is 5.56 Å². The number of rotatable bonds is 4. The number of carbonyl (C=O) groups is 1. The Morgan fingerprint density at radius 1 is 1.17 bits per heavy atom. The second kappa shape index (κ2) is 8.11. The summed E-state index contributed by atoms with van der Waals surface area (Å²) in [6.45, 7) is 0. The predicted octanol–water partition coefficient (Wildman–Crippen LogP) is 4.41. The van der Waals surface area contributed by atoms with Gasteiger partial charge in [0.2, 0.25) is 0 Å². The molecule has 30 heavy (non-hydrogen) atoms. The topological polar surface area (TPSA) is 99.5 Å². The van der Waals surface area contributed by atoms with Crippen molar-refractivity contribution in [1.29, 1.82) is 5.26 Å². The van der Waals surface area contributed by atoms with Crippen molar-refractivity contribution in [1.82, 2.24) is 15.0 Å². The van der Waals surface area contributed by atoms with Crippen LogP contribution in [0.2, 0.25) is 5.02 Å². The Kier molecular flexibility index (Phi) is 5.21. The lowest BCUT2D eigenvalue weighted by Crippen LogP contribution is -2.18. The van der Waals surface area contributed by atoms with E-state index in [0.29, 0.717) is 38.3 Å². The van der Waals surface area contributed by atoms with Gasteiger partial charge in [-0.25, -0.2) is 0 Å². The third-order valence-corrected chi connectivity index (χ3v) is 4.71. The fourth-order valence-electron chi connectivity index (χ4n) is 3.16. The van der Waals surface area contributed by atoms with Gasteiger partial charge < -0.3 is 4.98 Å². The van der Waals surface area contributed by atoms with Crippen LogP contribution in [0.1, 0.15) is 21.6 Å². The number of ketones is 1. The van der Waals surface area contributed by atoms with Crippen LogP contribution in [0.25, 0.3) is 28.1 Å². The van der Waals surface area contributed by atoms with E-state index in [1.54, 1.807) is 48.7 Å². The van der Waals surface area contributed by atoms with Crippen LogP contribution in [0, 0.1) is 11.3 Å². The van der Waals surface area contributed by atoms with Crippen LogP contribution in [0.3, 0.4) is 0 Å². The van der Waals surface area contributed by atoms with Gasteiger partial charge >= 0.3 is 0 Å². The number of hydrogen-bond donors (Lipinski definition) is 1. The molecule has 4 rings (SSSR count). The Bertz CT molecular complexity index is 1400. The molecule has 0 spiro atoms. The third kappa shape index (κ3) is 3.75. The summed E-state index contributed by atoms with van der Waals surface area (Å²) in [6.07, 6.45) is 7.37. The smallest absolute Gasteiger partial charge is 0.260 e. The number of halogens is 1. The zero-order valence-electron chi connectivity index (χ0n) is 15.5. The minimum absolute atomic E-state index is 0.0613. The molecule has 3 aromatic heterocycles. The van der Waals surface area contributed by atoms with Crippen molar-refractivity contribution in [3.63, 3.8) is 0 Å². The maximum atomic E-state index is 13.1. The lowest BCUT2D eigenvalue weighted by atomic mass is 9.94. The molecule has 4 aromatic rings. The number of carbonyl (C=O) groups excluding carboxylic acids is 1. The zero-order chi connectivity index (χ0) is 21.1. The number of aromatic amines is 1. The van der Waals surface area contributed by atoms with E-state index in [1.807, 2.05) is 6.07 Å². The SMILES string of the molecule is N#Cc1cncc(-c2c(C(=O)C=Cc3ccccn3)c(=O)[nH]c3ccc(Cl)cc23)c1. The van der Waals surface area contributed by atoms with Crippen molar-refractivity contribution in [2.24, 2.45) is 0 Å². The normalized spacial score (nSPS) is 10.9. The highest BCUT2D eigenvalue weighted by Gasteiger charge is 2.20. The Morgan fingerprint density at radius 3 is 2.80 bits per heavy atom. The first-order chi connectivity index (χ1) is 14.6. The summed E-state index contributed by atoms with van der Waals surface area (Å²) in [5.41, 5.74) is 1.66. The van der Waals surface area contributed by atoms with Crippen molar-refractivity contribution in [3.8, 4) is 17.2 Å². The Hall–Kier alpha value is -4.08. The molecule has 1 N–H and O–H groups in total. The molecule has 0 saturated carbocycles. The molecule has 0 radical (unpaired) electrons. The van der Waals surface area contributed by atoms with Gasteiger partial charge in [0.1, 0.15) is 6.07 Å². The number of pyridine rings is 3. The van der Waals surface area contributed by atoms with Crippen LogP contribution in [0.15, 0.2) is 71.9 Å². The number of nitriles is 1. The molecular weight excluding hydrogens is 400 g/mol. The van der Waals surface area contributed by atoms with Crippen molar-refractivity contribution >= 4 is 34.4 Å². The van der Waals surface area contributed by atoms with E-state index in [-0.39, 0.29) is 5.56 Å². The summed E-state index contributed by atoms with van der Waals surface area (Å²) in [5, 5.41) is 10.3. The molecule has 1 aromatic carbocycles. The van der Waals surface area contributed by atoms with Crippen molar-refractivity contribution in [2.75, 3.05) is 0 Å². The maximum Gasteiger partial charge on any atom is 0.260 e. The average molecular weight is 413 g/mol. The minimum Gasteiger partial charge on any atom is -0.321 e. The van der Waals surface area contributed by atoms with Crippen LogP contribution >= 0.6 is 11.6 Å². The lowest BCUT2D eigenvalue weighted by molar-refractivity contribution is 0.104. The molecule has 0 saturated heterocycles. The summed E-state index contributed by atoms with van der Waals surface area (Å²) < 4.78 is 0. The Balaban J connectivity index is 1.98. The average Bonchev–Trinajstić information content (AvgIpc) is 2.77. The fraction of sp³-hybridized carbons (Fsp3) is 0. The first-order valence-electron chi connectivity index (χ1n) is 8.91. The summed E-state index contributed by atoms with van der Waals surface area (Å²) in [6, 6.07) is 13.9. The molecule has 0 aliphatic heterocycles. The first-order valence-corrected chi connectivity index (χ1v) is 9.29. The fourth-order valence-corrected chi connectivity index (χ4v) is 3.33. The monoisotopic (exact) mass is 412 g/mol. The minimum atomic E-state index is -0.544. The number of nitrogens with zero attached hydrogens (tertiary/aromatic N) is 3. The van der Waals surface area contributed by atoms with E-state index in [4.69, 9.17) is 11.6 Å². The predicted molar refractivity (Wildman–Crippen MR) is 115 cm³/mol. The van der Waals surface area contributed by atoms with Gasteiger partial charge in [0.15, 0.2) is 5.78 Å². The summed E-state index contributed by atoms with van der Waals surface area (Å²) >= 11 is 6.18. The highest BCUT2D eigenvalue weighted by Crippen LogP contribution is 2.31. The highest BCUT2D eigenvalue weighted by molar-refractivity contribution is 6.31. The van der Waals surface area contributed by atoms with Gasteiger partial charge in [-0.05, 0) is 48.6 Å². The Morgan fingerprint density at radius 2 is 2.03 bits per heavy atom. The largest absolute Gasteiger partial charge is 0.321 e. The number of nitrogens with one attached hydrogen (secondary N) is 1. The summed E-state index contributed by atoms with van der Waals surface area (Å²) in [4.78, 5) is 36.9. The molecule has 0 fully saturated rings. The molecular formula is C23H13ClN4O2. The molecule has 144 valence electrons. The zero-order valence-corrected chi connectivity index (χ0v) is 16.2. The van der Waals surface area contributed by atoms with Gasteiger partial charge in [0.05, 0.1) is 16.8 Å². The van der Waals surface area contributed by atoms with Crippen molar-refractivity contribution in [2.45, 2.75) is 0 Å². The van der Waals surface area contributed by atoms with E-state index in [2.05, 4.69) is 15.0 Å². The van der Waals surface area contributed by atoms with Gasteiger partial charge in [0.25, 0.3) is 5.56 Å². The molecule has 3 heterocycles. The number of benzene rings is 1. The molecule has 7 heteroatoms. The second-order valence-electron chi connectivity index (χ2n) is 6.42. The number of fused-ring (bicyclic) bond motifs is 1. The van der Waals surface area contributed by atoms with Crippen LogP contribution in [0.4, 0.5) is 0 Å². The van der Waals surface area contributed by atoms with Gasteiger partial charge in [-0.3, -0.25) is 19.6 Å². The van der Waals surface area contributed by atoms with E-state index < -0.39 is 11.3 Å². The highest BCUT2D eigenvalue weighted by atomic mass is 35.5. The third-order valence-electron chi connectivity index (χ3n) is 4.47. The van der Waals surface area contributed by atoms with Gasteiger partial charge in [-0.1, -0.05) is 17.7 Å². The number of hydrogen-bond acceptors (Lipinski definition) is 5. The van der Waals surface area contributed by atoms with E-state index in [1.165, 1.54) is 24.5 Å². The van der Waals surface area contributed by atoms with Crippen molar-refractivity contribution < 1.29 is 4.79 Å². The van der Waals surface area contributed by atoms with E-state index in [0.717, 1.165) is 0 Å². The standard InChI is InChI=1S/C23H13ClN4O2/c24-16-4-6-19-18(10-16)21(15-9-14(11-25)12-26-13-15)22(23(30)28-19)20(29)7-5-17-3-1-2-8-27-17/h1-10,12-13H,(H,28,30). The second-order valence-corrected chi connectivity index (χ2v) is 6.86. The molecule has 0 amide bonds. The van der Waals surface area contributed by atoms with E-state index >= 15 is 0 Å². The number of allylic oxidation sites excluding steroid dienone is 1. The molecule has 6 nitrogen and oxygen atoms in total. The Labute approximate surface area is 176 Å². The molecule has 0 unspecified atom stereocenters. The van der Waals surface area contributed by atoms with Gasteiger partial charge in [-0.2, -0.15) is 5.26 Å². The summed E-state index contributed by atoms with van der Waals surface area (Å²) in [5.74, 6) is -0.499. The number of H-pyrrole nitrogens is 1. The van der Waals surface area contributed by atoms with Gasteiger partial charge in [-0.15, -0.1) is 0 Å². The quantitative estimate of drug-likeness (QED) is 0.395. The molecule has 0 atom stereocenters. The first kappa shape index (κ1) is 19.2. The van der Waals surface area contributed by atoms with Crippen LogP contribution in [0.5, 0.6) is 0 Å². The maximum absolute atomic E-state index is 13.1. The number of aromatic nitrogens is 3. The van der Waals surface area contributed by atoms with Crippen LogP contribution in [-0.4, -0.2) is 20.7 Å². The van der Waals surface area contributed by atoms with E-state index in [9.17, 15) is 14.9 Å². The van der Waals surface area contributed by atoms with Crippen molar-refractivity contribution in [3.05, 3.63) is 99.3 Å². The molecule has 0 aliphatic rings. The van der Waals surface area contributed by atoms with Gasteiger partial charge in [0, 0.05) is 45.6 Å². The lowest BCUT2D eigenvalue weighted by Gasteiger charge is -2.11. The molecule has 0 aliphatic carbocycles.